The van der Waals surface area contributed by atoms with Crippen LogP contribution in [0.25, 0.3) is 0 Å². The van der Waals surface area contributed by atoms with Crippen LogP contribution >= 0.6 is 11.6 Å². The van der Waals surface area contributed by atoms with Gasteiger partial charge in [-0.05, 0) is 11.6 Å². The highest BCUT2D eigenvalue weighted by atomic mass is 35.5. The number of benzene rings is 1. The number of carbonyl (C=O) groups is 1. The zero-order valence-corrected chi connectivity index (χ0v) is 11.5. The Kier molecular flexibility index (Phi) is 4.58. The van der Waals surface area contributed by atoms with Crippen LogP contribution in [0.1, 0.15) is 16.1 Å². The minimum absolute atomic E-state index is 0.0514. The summed E-state index contributed by atoms with van der Waals surface area (Å²) in [5.74, 6) is 0.362. The number of rotatable bonds is 5. The van der Waals surface area contributed by atoms with Gasteiger partial charge >= 0.3 is 0 Å². The molecule has 0 aliphatic rings. The molecular weight excluding hydrogens is 262 g/mol. The third-order valence-corrected chi connectivity index (χ3v) is 3.07. The molecule has 0 fully saturated rings. The van der Waals surface area contributed by atoms with Gasteiger partial charge in [0, 0.05) is 32.2 Å². The Labute approximate surface area is 117 Å². The van der Waals surface area contributed by atoms with Crippen LogP contribution < -0.4 is 0 Å². The third kappa shape index (κ3) is 3.35. The molecule has 1 amide bonds. The van der Waals surface area contributed by atoms with Gasteiger partial charge in [-0.25, -0.2) is 0 Å². The number of carbonyl (C=O) groups excluding carboxylic acids is 1. The maximum absolute atomic E-state index is 12.4. The van der Waals surface area contributed by atoms with E-state index in [4.69, 9.17) is 11.6 Å². The number of aryl methyl sites for hydroxylation is 1. The Bertz CT molecular complexity index is 539. The molecule has 1 heterocycles. The largest absolute Gasteiger partial charge is 0.332 e. The van der Waals surface area contributed by atoms with Crippen LogP contribution in [0.3, 0.4) is 0 Å². The Hall–Kier alpha value is -1.81. The van der Waals surface area contributed by atoms with Crippen molar-refractivity contribution < 1.29 is 4.79 Å². The van der Waals surface area contributed by atoms with E-state index in [9.17, 15) is 4.79 Å². The van der Waals surface area contributed by atoms with Crippen LogP contribution in [-0.2, 0) is 13.6 Å². The number of halogens is 1. The fraction of sp³-hybridized carbons (Fsp3) is 0.286. The number of alkyl halides is 1. The molecule has 0 aliphatic carbocycles. The zero-order chi connectivity index (χ0) is 13.7. The van der Waals surface area contributed by atoms with Crippen molar-refractivity contribution in [2.24, 2.45) is 7.05 Å². The van der Waals surface area contributed by atoms with Crippen molar-refractivity contribution in [3.63, 3.8) is 0 Å². The lowest BCUT2D eigenvalue weighted by molar-refractivity contribution is 0.0742. The van der Waals surface area contributed by atoms with Crippen LogP contribution in [0.4, 0.5) is 0 Å². The lowest BCUT2D eigenvalue weighted by Crippen LogP contribution is -2.33. The average Bonchev–Trinajstić information content (AvgIpc) is 2.85. The second-order valence-electron chi connectivity index (χ2n) is 4.24. The van der Waals surface area contributed by atoms with Crippen LogP contribution in [0.15, 0.2) is 42.6 Å². The van der Waals surface area contributed by atoms with E-state index in [2.05, 4.69) is 5.10 Å². The van der Waals surface area contributed by atoms with Crippen molar-refractivity contribution in [1.82, 2.24) is 14.7 Å². The lowest BCUT2D eigenvalue weighted by atomic mass is 10.2. The number of hydrogen-bond acceptors (Lipinski definition) is 2. The summed E-state index contributed by atoms with van der Waals surface area (Å²) in [6.07, 6.45) is 1.62. The van der Waals surface area contributed by atoms with E-state index in [-0.39, 0.29) is 5.91 Å². The summed E-state index contributed by atoms with van der Waals surface area (Å²) in [7, 11) is 1.76. The van der Waals surface area contributed by atoms with Gasteiger partial charge in [-0.15, -0.1) is 11.6 Å². The minimum atomic E-state index is -0.0514. The fourth-order valence-corrected chi connectivity index (χ4v) is 2.11. The summed E-state index contributed by atoms with van der Waals surface area (Å²) in [6.45, 7) is 1.07. The van der Waals surface area contributed by atoms with E-state index < -0.39 is 0 Å². The van der Waals surface area contributed by atoms with E-state index in [0.717, 1.165) is 5.56 Å². The van der Waals surface area contributed by atoms with Gasteiger partial charge in [-0.2, -0.15) is 5.10 Å². The Morgan fingerprint density at radius 2 is 2.05 bits per heavy atom. The highest BCUT2D eigenvalue weighted by Crippen LogP contribution is 2.09. The van der Waals surface area contributed by atoms with Gasteiger partial charge in [-0.1, -0.05) is 30.3 Å². The second kappa shape index (κ2) is 6.38. The third-order valence-electron chi connectivity index (χ3n) is 2.90. The molecule has 0 atom stereocenters. The van der Waals surface area contributed by atoms with E-state index in [0.29, 0.717) is 24.7 Å². The van der Waals surface area contributed by atoms with Crippen LogP contribution in [-0.4, -0.2) is 33.0 Å². The quantitative estimate of drug-likeness (QED) is 0.787. The summed E-state index contributed by atoms with van der Waals surface area (Å²) >= 11 is 5.79. The van der Waals surface area contributed by atoms with Crippen LogP contribution in [0, 0.1) is 0 Å². The first-order valence-corrected chi connectivity index (χ1v) is 6.63. The molecule has 2 aromatic rings. The summed E-state index contributed by atoms with van der Waals surface area (Å²) < 4.78 is 1.58. The van der Waals surface area contributed by atoms with Crippen molar-refractivity contribution in [2.75, 3.05) is 12.4 Å². The molecule has 0 saturated carbocycles. The minimum Gasteiger partial charge on any atom is -0.332 e. The summed E-state index contributed by atoms with van der Waals surface area (Å²) in [5.41, 5.74) is 1.66. The number of amides is 1. The van der Waals surface area contributed by atoms with Crippen LogP contribution in [0.5, 0.6) is 0 Å². The van der Waals surface area contributed by atoms with Gasteiger partial charge in [0.1, 0.15) is 5.69 Å². The summed E-state index contributed by atoms with van der Waals surface area (Å²) in [4.78, 5) is 14.2. The maximum Gasteiger partial charge on any atom is 0.272 e. The molecule has 0 radical (unpaired) electrons. The first kappa shape index (κ1) is 13.6. The van der Waals surface area contributed by atoms with Crippen molar-refractivity contribution in [1.29, 1.82) is 0 Å². The number of nitrogens with zero attached hydrogens (tertiary/aromatic N) is 3. The Morgan fingerprint density at radius 3 is 2.63 bits per heavy atom. The first-order valence-electron chi connectivity index (χ1n) is 6.09. The maximum atomic E-state index is 12.4. The van der Waals surface area contributed by atoms with E-state index in [1.165, 1.54) is 0 Å². The molecule has 0 N–H and O–H groups in total. The molecule has 0 bridgehead atoms. The van der Waals surface area contributed by atoms with Gasteiger partial charge in [0.15, 0.2) is 0 Å². The molecule has 0 aliphatic heterocycles. The molecule has 0 spiro atoms. The van der Waals surface area contributed by atoms with E-state index in [1.54, 1.807) is 28.9 Å². The van der Waals surface area contributed by atoms with Gasteiger partial charge < -0.3 is 4.90 Å². The van der Waals surface area contributed by atoms with Gasteiger partial charge in [0.05, 0.1) is 0 Å². The summed E-state index contributed by atoms with van der Waals surface area (Å²) in [5, 5.41) is 4.02. The predicted octanol–water partition coefficient (Wildman–Crippen LogP) is 2.30. The average molecular weight is 278 g/mol. The molecule has 0 unspecified atom stereocenters. The molecule has 5 heteroatoms. The topological polar surface area (TPSA) is 38.1 Å². The normalized spacial score (nSPS) is 10.4. The first-order chi connectivity index (χ1) is 9.22. The van der Waals surface area contributed by atoms with Crippen molar-refractivity contribution >= 4 is 17.5 Å². The number of hydrogen-bond donors (Lipinski definition) is 0. The molecule has 19 heavy (non-hydrogen) atoms. The molecular formula is C14H16ClN3O. The van der Waals surface area contributed by atoms with Gasteiger partial charge in [0.2, 0.25) is 0 Å². The van der Waals surface area contributed by atoms with E-state index in [1.807, 2.05) is 30.3 Å². The molecule has 1 aromatic carbocycles. The molecule has 2 rings (SSSR count). The fourth-order valence-electron chi connectivity index (χ4n) is 1.90. The Morgan fingerprint density at radius 1 is 1.32 bits per heavy atom. The molecule has 0 saturated heterocycles. The molecule has 1 aromatic heterocycles. The highest BCUT2D eigenvalue weighted by Gasteiger charge is 2.18. The summed E-state index contributed by atoms with van der Waals surface area (Å²) in [6, 6.07) is 11.6. The smallest absolute Gasteiger partial charge is 0.272 e. The highest BCUT2D eigenvalue weighted by molar-refractivity contribution is 6.18. The molecule has 4 nitrogen and oxygen atoms in total. The van der Waals surface area contributed by atoms with Crippen molar-refractivity contribution in [2.45, 2.75) is 6.54 Å². The monoisotopic (exact) mass is 277 g/mol. The predicted molar refractivity (Wildman–Crippen MR) is 75.1 cm³/mol. The second-order valence-corrected chi connectivity index (χ2v) is 4.62. The number of aromatic nitrogens is 2. The standard InChI is InChI=1S/C14H16ClN3O/c1-17-13(7-9-16-17)14(19)18(10-8-15)11-12-5-3-2-4-6-12/h2-7,9H,8,10-11H2,1H3. The van der Waals surface area contributed by atoms with Gasteiger partial charge in [0.25, 0.3) is 5.91 Å². The lowest BCUT2D eigenvalue weighted by Gasteiger charge is -2.21. The zero-order valence-electron chi connectivity index (χ0n) is 10.8. The van der Waals surface area contributed by atoms with Crippen molar-refractivity contribution in [3.05, 3.63) is 53.9 Å². The van der Waals surface area contributed by atoms with Gasteiger partial charge in [-0.3, -0.25) is 9.48 Å². The Balaban J connectivity index is 2.16. The van der Waals surface area contributed by atoms with E-state index >= 15 is 0 Å². The van der Waals surface area contributed by atoms with Crippen LogP contribution in [0.2, 0.25) is 0 Å². The molecule has 100 valence electrons. The SMILES string of the molecule is Cn1nccc1C(=O)N(CCCl)Cc1ccccc1. The van der Waals surface area contributed by atoms with Crippen molar-refractivity contribution in [3.8, 4) is 0 Å².